The summed E-state index contributed by atoms with van der Waals surface area (Å²) >= 11 is 1.34. The van der Waals surface area contributed by atoms with Crippen LogP contribution in [0.2, 0.25) is 0 Å². The van der Waals surface area contributed by atoms with Crippen molar-refractivity contribution in [3.8, 4) is 5.75 Å². The van der Waals surface area contributed by atoms with Gasteiger partial charge < -0.3 is 15.0 Å². The Morgan fingerprint density at radius 3 is 3.03 bits per heavy atom. The molecular formula is C25H26N4O3S. The van der Waals surface area contributed by atoms with Gasteiger partial charge in [0, 0.05) is 30.1 Å². The summed E-state index contributed by atoms with van der Waals surface area (Å²) in [5.41, 5.74) is 2.70. The molecule has 8 heteroatoms. The molecule has 6 rings (SSSR count). The van der Waals surface area contributed by atoms with Crippen LogP contribution in [0.3, 0.4) is 0 Å². The minimum absolute atomic E-state index is 0.219. The Kier molecular flexibility index (Phi) is 5.07. The molecule has 1 unspecified atom stereocenters. The van der Waals surface area contributed by atoms with E-state index in [-0.39, 0.29) is 17.3 Å². The maximum absolute atomic E-state index is 13.2. The first-order valence-corrected chi connectivity index (χ1v) is 12.5. The van der Waals surface area contributed by atoms with Crippen molar-refractivity contribution in [2.24, 2.45) is 5.92 Å². The zero-order valence-corrected chi connectivity index (χ0v) is 19.3. The summed E-state index contributed by atoms with van der Waals surface area (Å²) in [6.07, 6.45) is 4.59. The number of aromatic nitrogens is 3. The predicted octanol–water partition coefficient (Wildman–Crippen LogP) is 3.41. The Balaban J connectivity index is 1.31. The minimum atomic E-state index is -0.353. The number of aromatic amines is 1. The second kappa shape index (κ2) is 8.11. The predicted molar refractivity (Wildman–Crippen MR) is 131 cm³/mol. The SMILES string of the molecule is CCOc1cccc2c1CC[C@H]1CNC(CCn3c(=O)[nH]c4c(sc5ncccc54)c3=O)[C@@H]21. The van der Waals surface area contributed by atoms with Crippen LogP contribution in [0.4, 0.5) is 0 Å². The number of nitrogens with zero attached hydrogens (tertiary/aromatic N) is 2. The summed E-state index contributed by atoms with van der Waals surface area (Å²) in [7, 11) is 0. The van der Waals surface area contributed by atoms with Gasteiger partial charge in [-0.05, 0) is 68.0 Å². The van der Waals surface area contributed by atoms with Gasteiger partial charge in [-0.2, -0.15) is 0 Å². The molecule has 7 nitrogen and oxygen atoms in total. The molecule has 1 aliphatic heterocycles. The quantitative estimate of drug-likeness (QED) is 0.475. The number of hydrogen-bond acceptors (Lipinski definition) is 6. The summed E-state index contributed by atoms with van der Waals surface area (Å²) in [6.45, 7) is 4.03. The molecule has 1 aromatic carbocycles. The topological polar surface area (TPSA) is 89.0 Å². The molecule has 3 atom stereocenters. The van der Waals surface area contributed by atoms with Crippen LogP contribution in [0.1, 0.15) is 36.8 Å². The van der Waals surface area contributed by atoms with Crippen molar-refractivity contribution in [3.05, 3.63) is 68.5 Å². The van der Waals surface area contributed by atoms with Gasteiger partial charge in [0.2, 0.25) is 0 Å². The zero-order valence-electron chi connectivity index (χ0n) is 18.5. The van der Waals surface area contributed by atoms with Crippen LogP contribution in [-0.4, -0.2) is 33.7 Å². The third-order valence-corrected chi connectivity index (χ3v) is 8.32. The van der Waals surface area contributed by atoms with Gasteiger partial charge in [-0.1, -0.05) is 12.1 Å². The van der Waals surface area contributed by atoms with E-state index in [1.807, 2.05) is 19.1 Å². The molecule has 0 radical (unpaired) electrons. The summed E-state index contributed by atoms with van der Waals surface area (Å²) in [6, 6.07) is 10.3. The van der Waals surface area contributed by atoms with E-state index in [1.165, 1.54) is 27.0 Å². The number of H-pyrrole nitrogens is 1. The average molecular weight is 463 g/mol. The van der Waals surface area contributed by atoms with E-state index in [9.17, 15) is 9.59 Å². The molecule has 1 aliphatic carbocycles. The average Bonchev–Trinajstić information content (AvgIpc) is 3.41. The summed E-state index contributed by atoms with van der Waals surface area (Å²) in [5, 5.41) is 4.51. The number of nitrogens with one attached hydrogen (secondary N) is 2. The van der Waals surface area contributed by atoms with E-state index >= 15 is 0 Å². The lowest BCUT2D eigenvalue weighted by atomic mass is 9.73. The molecule has 33 heavy (non-hydrogen) atoms. The van der Waals surface area contributed by atoms with E-state index in [1.54, 1.807) is 6.20 Å². The first-order valence-electron chi connectivity index (χ1n) is 11.6. The van der Waals surface area contributed by atoms with Crippen LogP contribution in [-0.2, 0) is 13.0 Å². The van der Waals surface area contributed by atoms with Gasteiger partial charge in [-0.15, -0.1) is 11.3 Å². The van der Waals surface area contributed by atoms with Gasteiger partial charge in [-0.3, -0.25) is 9.36 Å². The van der Waals surface area contributed by atoms with Gasteiger partial charge in [0.15, 0.2) is 0 Å². The third kappa shape index (κ3) is 3.31. The molecule has 170 valence electrons. The van der Waals surface area contributed by atoms with E-state index in [2.05, 4.69) is 33.5 Å². The van der Waals surface area contributed by atoms with Crippen LogP contribution in [0.5, 0.6) is 5.75 Å². The van der Waals surface area contributed by atoms with Crippen molar-refractivity contribution in [3.63, 3.8) is 0 Å². The molecule has 2 aliphatic rings. The van der Waals surface area contributed by atoms with Crippen molar-refractivity contribution in [2.45, 2.75) is 44.7 Å². The fraction of sp³-hybridized carbons (Fsp3) is 0.400. The highest BCUT2D eigenvalue weighted by molar-refractivity contribution is 7.25. The number of rotatable bonds is 5. The number of benzene rings is 1. The van der Waals surface area contributed by atoms with Crippen molar-refractivity contribution in [1.29, 1.82) is 0 Å². The Labute approximate surface area is 194 Å². The summed E-state index contributed by atoms with van der Waals surface area (Å²) in [4.78, 5) is 34.1. The van der Waals surface area contributed by atoms with Crippen LogP contribution >= 0.6 is 11.3 Å². The lowest BCUT2D eigenvalue weighted by molar-refractivity contribution is 0.326. The standard InChI is InChI=1S/C25H26N4O3S/c1-2-32-19-7-3-5-16-15(19)9-8-14-13-27-18(20(14)16)10-12-29-24(30)22-21(28-25(29)31)17-6-4-11-26-23(17)33-22/h3-7,11,14,18,20,27H,2,8-10,12-13H2,1H3,(H,28,31)/t14-,18?,20+/m0/s1. The third-order valence-electron chi connectivity index (χ3n) is 7.22. The Hall–Kier alpha value is -2.97. The molecule has 1 fully saturated rings. The zero-order chi connectivity index (χ0) is 22.5. The van der Waals surface area contributed by atoms with E-state index < -0.39 is 0 Å². The molecule has 4 aromatic rings. The monoisotopic (exact) mass is 462 g/mol. The Morgan fingerprint density at radius 1 is 1.24 bits per heavy atom. The fourth-order valence-electron chi connectivity index (χ4n) is 5.77. The highest BCUT2D eigenvalue weighted by atomic mass is 32.1. The lowest BCUT2D eigenvalue weighted by Gasteiger charge is -2.32. The second-order valence-corrected chi connectivity index (χ2v) is 9.93. The molecule has 2 N–H and O–H groups in total. The largest absolute Gasteiger partial charge is 0.494 e. The van der Waals surface area contributed by atoms with Gasteiger partial charge in [0.25, 0.3) is 5.56 Å². The van der Waals surface area contributed by atoms with Crippen molar-refractivity contribution in [1.82, 2.24) is 19.9 Å². The molecule has 0 amide bonds. The van der Waals surface area contributed by atoms with Gasteiger partial charge in [0.05, 0.1) is 12.1 Å². The number of hydrogen-bond donors (Lipinski definition) is 2. The van der Waals surface area contributed by atoms with Gasteiger partial charge in [-0.25, -0.2) is 9.78 Å². The van der Waals surface area contributed by atoms with Crippen LogP contribution in [0.15, 0.2) is 46.1 Å². The number of pyridine rings is 1. The first-order chi connectivity index (χ1) is 16.2. The summed E-state index contributed by atoms with van der Waals surface area (Å²) in [5.74, 6) is 1.95. The fourth-order valence-corrected chi connectivity index (χ4v) is 6.82. The first kappa shape index (κ1) is 20.6. The van der Waals surface area contributed by atoms with Gasteiger partial charge in [0.1, 0.15) is 15.3 Å². The van der Waals surface area contributed by atoms with Crippen molar-refractivity contribution in [2.75, 3.05) is 13.2 Å². The lowest BCUT2D eigenvalue weighted by Crippen LogP contribution is -2.37. The highest BCUT2D eigenvalue weighted by Gasteiger charge is 2.40. The minimum Gasteiger partial charge on any atom is -0.494 e. The highest BCUT2D eigenvalue weighted by Crippen LogP contribution is 2.45. The van der Waals surface area contributed by atoms with E-state index in [4.69, 9.17) is 4.74 Å². The van der Waals surface area contributed by atoms with Crippen LogP contribution in [0, 0.1) is 5.92 Å². The maximum atomic E-state index is 13.2. The maximum Gasteiger partial charge on any atom is 0.328 e. The molecule has 0 spiro atoms. The molecule has 0 bridgehead atoms. The molecule has 1 saturated heterocycles. The van der Waals surface area contributed by atoms with Crippen LogP contribution < -0.4 is 21.3 Å². The molecular weight excluding hydrogens is 436 g/mol. The number of fused-ring (bicyclic) bond motifs is 6. The van der Waals surface area contributed by atoms with E-state index in [0.717, 1.165) is 41.8 Å². The molecule has 0 saturated carbocycles. The van der Waals surface area contributed by atoms with E-state index in [0.29, 0.717) is 35.2 Å². The number of thiophene rings is 1. The summed E-state index contributed by atoms with van der Waals surface area (Å²) < 4.78 is 7.81. The van der Waals surface area contributed by atoms with Crippen molar-refractivity contribution >= 4 is 31.8 Å². The second-order valence-electron chi connectivity index (χ2n) is 8.93. The number of ether oxygens (including phenoxy) is 1. The van der Waals surface area contributed by atoms with Gasteiger partial charge >= 0.3 is 5.69 Å². The normalized spacial score (nSPS) is 21.9. The molecule has 3 aromatic heterocycles. The molecule has 4 heterocycles. The Bertz CT molecular complexity index is 1470. The van der Waals surface area contributed by atoms with Crippen LogP contribution in [0.25, 0.3) is 20.4 Å². The van der Waals surface area contributed by atoms with Crippen molar-refractivity contribution < 1.29 is 4.74 Å². The smallest absolute Gasteiger partial charge is 0.328 e. The Morgan fingerprint density at radius 2 is 2.15 bits per heavy atom.